The van der Waals surface area contributed by atoms with Crippen LogP contribution in [0.25, 0.3) is 22.6 Å². The normalized spacial score (nSPS) is 10.7. The molecule has 0 saturated heterocycles. The molecule has 128 valence electrons. The van der Waals surface area contributed by atoms with Crippen LogP contribution in [0, 0.1) is 0 Å². The lowest BCUT2D eigenvalue weighted by atomic mass is 10.1. The van der Waals surface area contributed by atoms with Crippen LogP contribution >= 0.6 is 31.9 Å². The molecule has 0 fully saturated rings. The summed E-state index contributed by atoms with van der Waals surface area (Å²) in [6.07, 6.45) is 0. The minimum Gasteiger partial charge on any atom is -0.406 e. The lowest BCUT2D eigenvalue weighted by Crippen LogP contribution is -1.91. The number of rotatable bonds is 3. The summed E-state index contributed by atoms with van der Waals surface area (Å²) < 4.78 is 13.9. The summed E-state index contributed by atoms with van der Waals surface area (Å²) >= 11 is 6.92. The molecule has 0 bridgehead atoms. The first kappa shape index (κ1) is 17.1. The van der Waals surface area contributed by atoms with Gasteiger partial charge < -0.3 is 8.83 Å². The summed E-state index contributed by atoms with van der Waals surface area (Å²) in [5.74, 6) is 1.51. The average molecular weight is 471 g/mol. The highest BCUT2D eigenvalue weighted by molar-refractivity contribution is 9.10. The Kier molecular flexibility index (Phi) is 4.91. The van der Waals surface area contributed by atoms with Gasteiger partial charge in [-0.2, -0.15) is 4.99 Å². The molecule has 0 spiro atoms. The van der Waals surface area contributed by atoms with Gasteiger partial charge in [-0.25, -0.2) is 0 Å². The fraction of sp³-hybridized carbons (Fsp3) is 0. The van der Waals surface area contributed by atoms with Crippen molar-refractivity contribution in [1.29, 1.82) is 0 Å². The highest BCUT2D eigenvalue weighted by atomic mass is 79.9. The van der Waals surface area contributed by atoms with E-state index in [4.69, 9.17) is 8.83 Å². The second kappa shape index (κ2) is 7.48. The SMILES string of the molecule is Brc1ccc(-c2oc(=Nc3ccccc3)oc2-c2ccc(Br)cc2)cc1. The van der Waals surface area contributed by atoms with E-state index in [0.717, 1.165) is 25.8 Å². The van der Waals surface area contributed by atoms with Crippen LogP contribution in [0.15, 0.2) is 102 Å². The first-order valence-corrected chi connectivity index (χ1v) is 9.53. The van der Waals surface area contributed by atoms with Gasteiger partial charge in [-0.3, -0.25) is 0 Å². The third-order valence-electron chi connectivity index (χ3n) is 3.77. The van der Waals surface area contributed by atoms with Crippen molar-refractivity contribution >= 4 is 37.5 Å². The second-order valence-corrected chi connectivity index (χ2v) is 7.42. The molecule has 0 aliphatic rings. The lowest BCUT2D eigenvalue weighted by molar-refractivity contribution is 0.376. The smallest absolute Gasteiger partial charge is 0.400 e. The fourth-order valence-electron chi connectivity index (χ4n) is 2.52. The van der Waals surface area contributed by atoms with Gasteiger partial charge in [-0.15, -0.1) is 0 Å². The minimum atomic E-state index is 0.215. The Balaban J connectivity index is 1.89. The molecule has 1 heterocycles. The number of hydrogen-bond donors (Lipinski definition) is 0. The summed E-state index contributed by atoms with van der Waals surface area (Å²) in [7, 11) is 0. The van der Waals surface area contributed by atoms with E-state index < -0.39 is 0 Å². The molecule has 4 aromatic rings. The van der Waals surface area contributed by atoms with Crippen molar-refractivity contribution in [2.45, 2.75) is 0 Å². The number of para-hydroxylation sites is 1. The van der Waals surface area contributed by atoms with Crippen LogP contribution in [0.2, 0.25) is 0 Å². The molecule has 0 amide bonds. The second-order valence-electron chi connectivity index (χ2n) is 5.59. The van der Waals surface area contributed by atoms with Crippen LogP contribution < -0.4 is 5.75 Å². The zero-order chi connectivity index (χ0) is 17.9. The summed E-state index contributed by atoms with van der Waals surface area (Å²) in [5.41, 5.74) is 2.61. The van der Waals surface area contributed by atoms with Gasteiger partial charge in [0.05, 0.1) is 5.69 Å². The minimum absolute atomic E-state index is 0.215. The first-order chi connectivity index (χ1) is 12.7. The number of nitrogens with zero attached hydrogens (tertiary/aromatic N) is 1. The molecule has 0 saturated carbocycles. The van der Waals surface area contributed by atoms with Crippen molar-refractivity contribution in [3.8, 4) is 22.6 Å². The van der Waals surface area contributed by atoms with E-state index in [2.05, 4.69) is 36.9 Å². The van der Waals surface area contributed by atoms with E-state index in [-0.39, 0.29) is 5.75 Å². The maximum atomic E-state index is 5.97. The van der Waals surface area contributed by atoms with Gasteiger partial charge in [-0.05, 0) is 60.7 Å². The molecule has 0 aliphatic carbocycles. The van der Waals surface area contributed by atoms with Gasteiger partial charge in [0.15, 0.2) is 11.5 Å². The van der Waals surface area contributed by atoms with Crippen LogP contribution in [0.1, 0.15) is 0 Å². The van der Waals surface area contributed by atoms with Crippen LogP contribution in [-0.4, -0.2) is 0 Å². The third-order valence-corrected chi connectivity index (χ3v) is 4.83. The van der Waals surface area contributed by atoms with Gasteiger partial charge in [0.1, 0.15) is 0 Å². The van der Waals surface area contributed by atoms with Crippen molar-refractivity contribution < 1.29 is 8.83 Å². The maximum Gasteiger partial charge on any atom is 0.400 e. The van der Waals surface area contributed by atoms with E-state index in [1.165, 1.54) is 0 Å². The Labute approximate surface area is 167 Å². The Morgan fingerprint density at radius 3 is 1.50 bits per heavy atom. The quantitative estimate of drug-likeness (QED) is 0.324. The van der Waals surface area contributed by atoms with Gasteiger partial charge in [0, 0.05) is 20.1 Å². The predicted octanol–water partition coefficient (Wildman–Crippen LogP) is 6.96. The largest absolute Gasteiger partial charge is 0.406 e. The summed E-state index contributed by atoms with van der Waals surface area (Å²) in [5, 5.41) is 0. The Hall–Kier alpha value is -2.37. The zero-order valence-electron chi connectivity index (χ0n) is 13.5. The van der Waals surface area contributed by atoms with Gasteiger partial charge in [0.2, 0.25) is 0 Å². The van der Waals surface area contributed by atoms with Gasteiger partial charge in [-0.1, -0.05) is 50.1 Å². The highest BCUT2D eigenvalue weighted by Gasteiger charge is 2.16. The van der Waals surface area contributed by atoms with Crippen LogP contribution in [0.5, 0.6) is 0 Å². The Morgan fingerprint density at radius 2 is 1.04 bits per heavy atom. The number of benzene rings is 3. The molecule has 4 rings (SSSR count). The number of halogens is 2. The lowest BCUT2D eigenvalue weighted by Gasteiger charge is -2.01. The standard InChI is InChI=1S/C21H13Br2NO2/c22-16-10-6-14(7-11-16)19-20(15-8-12-17(23)13-9-15)26-21(25-19)24-18-4-2-1-3-5-18/h1-13H. The Bertz CT molecular complexity index is 1010. The highest BCUT2D eigenvalue weighted by Crippen LogP contribution is 2.33. The van der Waals surface area contributed by atoms with E-state index in [0.29, 0.717) is 11.5 Å². The van der Waals surface area contributed by atoms with E-state index in [1.54, 1.807) is 0 Å². The van der Waals surface area contributed by atoms with Crippen molar-refractivity contribution in [1.82, 2.24) is 0 Å². The summed E-state index contributed by atoms with van der Waals surface area (Å²) in [6.45, 7) is 0. The monoisotopic (exact) mass is 469 g/mol. The van der Waals surface area contributed by atoms with Crippen molar-refractivity contribution in [2.24, 2.45) is 4.99 Å². The zero-order valence-corrected chi connectivity index (χ0v) is 16.7. The molecular formula is C21H13Br2NO2. The molecule has 0 N–H and O–H groups in total. The van der Waals surface area contributed by atoms with Gasteiger partial charge >= 0.3 is 5.75 Å². The molecule has 3 aromatic carbocycles. The van der Waals surface area contributed by atoms with E-state index >= 15 is 0 Å². The van der Waals surface area contributed by atoms with Crippen molar-refractivity contribution in [3.05, 3.63) is 93.6 Å². The van der Waals surface area contributed by atoms with Crippen molar-refractivity contribution in [2.75, 3.05) is 0 Å². The Morgan fingerprint density at radius 1 is 0.577 bits per heavy atom. The third kappa shape index (κ3) is 3.74. The summed E-state index contributed by atoms with van der Waals surface area (Å²) in [4.78, 5) is 4.46. The molecule has 0 aliphatic heterocycles. The topological polar surface area (TPSA) is 38.6 Å². The van der Waals surface area contributed by atoms with E-state index in [9.17, 15) is 0 Å². The fourth-order valence-corrected chi connectivity index (χ4v) is 3.05. The molecular weight excluding hydrogens is 458 g/mol. The van der Waals surface area contributed by atoms with Crippen molar-refractivity contribution in [3.63, 3.8) is 0 Å². The number of hydrogen-bond acceptors (Lipinski definition) is 3. The molecule has 0 unspecified atom stereocenters. The predicted molar refractivity (Wildman–Crippen MR) is 109 cm³/mol. The van der Waals surface area contributed by atoms with Crippen LogP contribution in [-0.2, 0) is 0 Å². The maximum absolute atomic E-state index is 5.97. The molecule has 0 atom stereocenters. The van der Waals surface area contributed by atoms with Crippen LogP contribution in [0.4, 0.5) is 5.69 Å². The first-order valence-electron chi connectivity index (χ1n) is 7.95. The van der Waals surface area contributed by atoms with Crippen LogP contribution in [0.3, 0.4) is 0 Å². The summed E-state index contributed by atoms with van der Waals surface area (Å²) in [6, 6.07) is 25.4. The molecule has 0 radical (unpaired) electrons. The van der Waals surface area contributed by atoms with E-state index in [1.807, 2.05) is 78.9 Å². The molecule has 3 nitrogen and oxygen atoms in total. The molecule has 1 aromatic heterocycles. The molecule has 5 heteroatoms. The van der Waals surface area contributed by atoms with Gasteiger partial charge in [0.25, 0.3) is 0 Å². The molecule has 26 heavy (non-hydrogen) atoms. The average Bonchev–Trinajstić information content (AvgIpc) is 3.07.